The van der Waals surface area contributed by atoms with Gasteiger partial charge in [0, 0.05) is 13.1 Å². The number of aliphatic hydroxyl groups is 1. The Morgan fingerprint density at radius 2 is 1.77 bits per heavy atom. The number of likely N-dealkylation sites (N-methyl/N-ethyl adjacent to an activating group) is 1. The second kappa shape index (κ2) is 10.3. The van der Waals surface area contributed by atoms with Crippen LogP contribution in [-0.2, 0) is 16.2 Å². The summed E-state index contributed by atoms with van der Waals surface area (Å²) in [6.45, 7) is 7.42. The Labute approximate surface area is 178 Å². The van der Waals surface area contributed by atoms with Crippen LogP contribution in [-0.4, -0.2) is 41.5 Å². The lowest BCUT2D eigenvalue weighted by Crippen LogP contribution is -2.47. The first kappa shape index (κ1) is 23.4. The van der Waals surface area contributed by atoms with Crippen LogP contribution in [0.15, 0.2) is 54.6 Å². The zero-order valence-electron chi connectivity index (χ0n) is 18.4. The van der Waals surface area contributed by atoms with Gasteiger partial charge in [-0.3, -0.25) is 9.59 Å². The largest absolute Gasteiger partial charge is 0.489 e. The summed E-state index contributed by atoms with van der Waals surface area (Å²) in [5.74, 6) is 0.0651. The number of nitrogens with one attached hydrogen (secondary N) is 1. The van der Waals surface area contributed by atoms with Crippen LogP contribution in [0.5, 0.6) is 5.75 Å². The average Bonchev–Trinajstić information content (AvgIpc) is 2.71. The zero-order chi connectivity index (χ0) is 22.3. The highest BCUT2D eigenvalue weighted by molar-refractivity contribution is 5.88. The van der Waals surface area contributed by atoms with Crippen LogP contribution in [0, 0.1) is 5.41 Å². The minimum atomic E-state index is -1.12. The van der Waals surface area contributed by atoms with Gasteiger partial charge in [-0.2, -0.15) is 0 Å². The average molecular weight is 413 g/mol. The van der Waals surface area contributed by atoms with Crippen LogP contribution >= 0.6 is 0 Å². The molecule has 6 nitrogen and oxygen atoms in total. The number of carbonyl (C=O) groups excluding carboxylic acids is 2. The highest BCUT2D eigenvalue weighted by Crippen LogP contribution is 2.36. The van der Waals surface area contributed by atoms with Gasteiger partial charge in [-0.05, 0) is 51.0 Å². The van der Waals surface area contributed by atoms with Gasteiger partial charge in [0.1, 0.15) is 12.4 Å². The van der Waals surface area contributed by atoms with E-state index in [0.29, 0.717) is 17.9 Å². The van der Waals surface area contributed by atoms with E-state index < -0.39 is 11.5 Å². The monoisotopic (exact) mass is 412 g/mol. The quantitative estimate of drug-likeness (QED) is 0.662. The molecule has 0 aliphatic rings. The number of hydrogen-bond acceptors (Lipinski definition) is 4. The van der Waals surface area contributed by atoms with Crippen molar-refractivity contribution in [3.05, 3.63) is 65.7 Å². The molecule has 1 atom stereocenters. The van der Waals surface area contributed by atoms with E-state index in [9.17, 15) is 14.7 Å². The van der Waals surface area contributed by atoms with Gasteiger partial charge in [0.2, 0.25) is 11.8 Å². The smallest absolute Gasteiger partial charge is 0.239 e. The van der Waals surface area contributed by atoms with Crippen molar-refractivity contribution in [1.29, 1.82) is 0 Å². The third-order valence-electron chi connectivity index (χ3n) is 4.83. The van der Waals surface area contributed by atoms with Crippen LogP contribution in [0.3, 0.4) is 0 Å². The number of nitrogens with zero attached hydrogens (tertiary/aromatic N) is 1. The number of benzene rings is 2. The number of amides is 2. The van der Waals surface area contributed by atoms with Gasteiger partial charge in [0.15, 0.2) is 0 Å². The van der Waals surface area contributed by atoms with E-state index >= 15 is 0 Å². The minimum absolute atomic E-state index is 0.00164. The predicted octanol–water partition coefficient (Wildman–Crippen LogP) is 3.31. The molecule has 6 heteroatoms. The molecule has 2 amide bonds. The number of aliphatic hydroxyl groups excluding tert-OH is 1. The molecule has 30 heavy (non-hydrogen) atoms. The van der Waals surface area contributed by atoms with E-state index in [1.165, 1.54) is 4.90 Å². The first-order valence-corrected chi connectivity index (χ1v) is 10.1. The molecule has 2 aromatic rings. The van der Waals surface area contributed by atoms with Crippen molar-refractivity contribution in [2.45, 2.75) is 46.4 Å². The second-order valence-electron chi connectivity index (χ2n) is 8.35. The summed E-state index contributed by atoms with van der Waals surface area (Å²) < 4.78 is 5.83. The summed E-state index contributed by atoms with van der Waals surface area (Å²) in [5.41, 5.74) is 0.504. The fourth-order valence-corrected chi connectivity index (χ4v) is 3.20. The number of rotatable bonds is 9. The molecular formula is C24H32N2O4. The van der Waals surface area contributed by atoms with Gasteiger partial charge in [-0.1, -0.05) is 42.5 Å². The molecule has 0 saturated heterocycles. The molecule has 2 aromatic carbocycles. The molecule has 0 unspecified atom stereocenters. The Morgan fingerprint density at radius 3 is 2.40 bits per heavy atom. The second-order valence-corrected chi connectivity index (χ2v) is 8.35. The zero-order valence-corrected chi connectivity index (χ0v) is 18.4. The molecule has 0 aliphatic heterocycles. The molecule has 2 N–H and O–H groups in total. The van der Waals surface area contributed by atoms with Gasteiger partial charge >= 0.3 is 0 Å². The molecule has 2 rings (SSSR count). The minimum Gasteiger partial charge on any atom is -0.489 e. The maximum absolute atomic E-state index is 13.0. The van der Waals surface area contributed by atoms with E-state index in [1.807, 2.05) is 50.2 Å². The van der Waals surface area contributed by atoms with E-state index in [4.69, 9.17) is 4.74 Å². The van der Waals surface area contributed by atoms with Crippen LogP contribution in [0.1, 0.15) is 44.9 Å². The summed E-state index contributed by atoms with van der Waals surface area (Å²) in [6, 6.07) is 16.9. The summed E-state index contributed by atoms with van der Waals surface area (Å²) in [6.07, 6.45) is -1.05. The van der Waals surface area contributed by atoms with Gasteiger partial charge < -0.3 is 20.1 Å². The predicted molar refractivity (Wildman–Crippen MR) is 117 cm³/mol. The van der Waals surface area contributed by atoms with Crippen molar-refractivity contribution in [3.63, 3.8) is 0 Å². The lowest BCUT2D eigenvalue weighted by molar-refractivity contribution is -0.148. The molecule has 0 saturated carbocycles. The molecule has 0 fully saturated rings. The summed E-state index contributed by atoms with van der Waals surface area (Å²) in [4.78, 5) is 26.3. The lowest BCUT2D eigenvalue weighted by Gasteiger charge is -2.33. The molecule has 0 bridgehead atoms. The molecule has 162 valence electrons. The lowest BCUT2D eigenvalue weighted by atomic mass is 9.81. The number of ether oxygens (including phenoxy) is 1. The van der Waals surface area contributed by atoms with Crippen molar-refractivity contribution in [2.24, 2.45) is 5.41 Å². The van der Waals surface area contributed by atoms with E-state index in [-0.39, 0.29) is 24.4 Å². The first-order valence-electron chi connectivity index (χ1n) is 10.1. The maximum Gasteiger partial charge on any atom is 0.239 e. The topological polar surface area (TPSA) is 78.9 Å². The van der Waals surface area contributed by atoms with Gasteiger partial charge in [-0.25, -0.2) is 0 Å². The highest BCUT2D eigenvalue weighted by Gasteiger charge is 2.39. The molecule has 0 radical (unpaired) electrons. The van der Waals surface area contributed by atoms with Crippen molar-refractivity contribution < 1.29 is 19.4 Å². The van der Waals surface area contributed by atoms with Crippen LogP contribution in [0.4, 0.5) is 0 Å². The summed E-state index contributed by atoms with van der Waals surface area (Å²) in [7, 11) is 1.57. The molecular weight excluding hydrogens is 380 g/mol. The fraction of sp³-hybridized carbons (Fsp3) is 0.417. The van der Waals surface area contributed by atoms with Gasteiger partial charge in [0.05, 0.1) is 18.1 Å². The molecule has 0 spiro atoms. The number of carbonyl (C=O) groups is 2. The molecule has 0 aromatic heterocycles. The van der Waals surface area contributed by atoms with Crippen LogP contribution < -0.4 is 10.1 Å². The van der Waals surface area contributed by atoms with E-state index in [0.717, 1.165) is 5.56 Å². The van der Waals surface area contributed by atoms with Crippen molar-refractivity contribution in [1.82, 2.24) is 10.2 Å². The van der Waals surface area contributed by atoms with E-state index in [1.54, 1.807) is 39.1 Å². The number of hydrogen-bond donors (Lipinski definition) is 2. The normalized spacial score (nSPS) is 12.4. The third-order valence-corrected chi connectivity index (χ3v) is 4.83. The van der Waals surface area contributed by atoms with Crippen molar-refractivity contribution in [2.75, 3.05) is 13.6 Å². The van der Waals surface area contributed by atoms with Crippen molar-refractivity contribution in [3.8, 4) is 5.75 Å². The Kier molecular flexibility index (Phi) is 8.00. The highest BCUT2D eigenvalue weighted by atomic mass is 16.5. The Bertz CT molecular complexity index is 849. The van der Waals surface area contributed by atoms with Gasteiger partial charge in [-0.15, -0.1) is 0 Å². The van der Waals surface area contributed by atoms with Crippen molar-refractivity contribution >= 4 is 11.8 Å². The molecule has 0 aliphatic carbocycles. The first-order chi connectivity index (χ1) is 14.1. The standard InChI is InChI=1S/C24H32N2O4/c1-17(2)25-21(27)15-26(5)23(29)24(3,4)22(28)19-12-9-13-20(14-19)30-16-18-10-7-6-8-11-18/h6-14,17,22,28H,15-16H2,1-5H3,(H,25,27)/t22-/m0/s1. The Morgan fingerprint density at radius 1 is 1.10 bits per heavy atom. The van der Waals surface area contributed by atoms with Crippen LogP contribution in [0.25, 0.3) is 0 Å². The fourth-order valence-electron chi connectivity index (χ4n) is 3.20. The van der Waals surface area contributed by atoms with E-state index in [2.05, 4.69) is 5.32 Å². The van der Waals surface area contributed by atoms with Gasteiger partial charge in [0.25, 0.3) is 0 Å². The maximum atomic E-state index is 13.0. The Hall–Kier alpha value is -2.86. The molecule has 0 heterocycles. The summed E-state index contributed by atoms with van der Waals surface area (Å²) in [5, 5.41) is 13.7. The van der Waals surface area contributed by atoms with Crippen LogP contribution in [0.2, 0.25) is 0 Å². The Balaban J connectivity index is 2.06. The third kappa shape index (κ3) is 6.32. The summed E-state index contributed by atoms with van der Waals surface area (Å²) >= 11 is 0. The SMILES string of the molecule is CC(C)NC(=O)CN(C)C(=O)C(C)(C)[C@@H](O)c1cccc(OCc2ccccc2)c1.